The number of ether oxygens (including phenoxy) is 2. The molecule has 1 aliphatic heterocycles. The molecule has 1 aliphatic rings. The predicted octanol–water partition coefficient (Wildman–Crippen LogP) is 2.67. The number of carbonyl (C=O) groups excluding carboxylic acids is 1. The second-order valence-electron chi connectivity index (χ2n) is 6.51. The van der Waals surface area contributed by atoms with E-state index in [-0.39, 0.29) is 12.5 Å². The van der Waals surface area contributed by atoms with Crippen molar-refractivity contribution in [3.8, 4) is 5.75 Å². The molecule has 0 aliphatic carbocycles. The Morgan fingerprint density at radius 3 is 2.37 bits per heavy atom. The largest absolute Gasteiger partial charge is 0.490 e. The highest BCUT2D eigenvalue weighted by Gasteiger charge is 2.21. The van der Waals surface area contributed by atoms with E-state index < -0.39 is 17.9 Å². The first-order chi connectivity index (χ1) is 13.1. The summed E-state index contributed by atoms with van der Waals surface area (Å²) in [5.74, 6) is -0.792. The fourth-order valence-electron chi connectivity index (χ4n) is 2.96. The number of aliphatic carboxylic acids is 1. The van der Waals surface area contributed by atoms with Crippen molar-refractivity contribution in [1.82, 2.24) is 5.32 Å². The zero-order chi connectivity index (χ0) is 19.1. The van der Waals surface area contributed by atoms with Crippen LogP contribution < -0.4 is 10.1 Å². The van der Waals surface area contributed by atoms with Crippen molar-refractivity contribution in [2.45, 2.75) is 31.4 Å². The minimum atomic E-state index is -1.06. The Morgan fingerprint density at radius 1 is 1.07 bits per heavy atom. The van der Waals surface area contributed by atoms with Gasteiger partial charge < -0.3 is 19.9 Å². The van der Waals surface area contributed by atoms with Crippen LogP contribution in [0.15, 0.2) is 54.6 Å². The standard InChI is InChI=1S/C21H23NO5/c23-20(22-19(21(24)25)14-15-4-2-1-3-5-15)16-6-8-17(9-7-16)27-18-10-12-26-13-11-18/h1-9,18-19H,10-14H2,(H,22,23)(H,24,25). The normalized spacial score (nSPS) is 15.7. The first-order valence-electron chi connectivity index (χ1n) is 9.04. The maximum absolute atomic E-state index is 12.4. The predicted molar refractivity (Wildman–Crippen MR) is 99.9 cm³/mol. The molecule has 1 fully saturated rings. The maximum atomic E-state index is 12.4. The summed E-state index contributed by atoms with van der Waals surface area (Å²) in [6, 6.07) is 15.0. The van der Waals surface area contributed by atoms with Crippen LogP contribution in [-0.2, 0) is 16.0 Å². The van der Waals surface area contributed by atoms with Crippen LogP contribution in [0.5, 0.6) is 5.75 Å². The topological polar surface area (TPSA) is 84.9 Å². The third-order valence-corrected chi connectivity index (χ3v) is 4.47. The Hall–Kier alpha value is -2.86. The van der Waals surface area contributed by atoms with Gasteiger partial charge in [-0.05, 0) is 29.8 Å². The molecule has 0 bridgehead atoms. The van der Waals surface area contributed by atoms with Gasteiger partial charge in [-0.15, -0.1) is 0 Å². The van der Waals surface area contributed by atoms with Crippen LogP contribution in [0.25, 0.3) is 0 Å². The number of carboxylic acid groups (broad SMARTS) is 1. The van der Waals surface area contributed by atoms with Crippen molar-refractivity contribution in [1.29, 1.82) is 0 Å². The molecule has 27 heavy (non-hydrogen) atoms. The molecule has 2 N–H and O–H groups in total. The lowest BCUT2D eigenvalue weighted by atomic mass is 10.1. The summed E-state index contributed by atoms with van der Waals surface area (Å²) in [6.07, 6.45) is 2.05. The SMILES string of the molecule is O=C(NC(Cc1ccccc1)C(=O)O)c1ccc(OC2CCOCC2)cc1. The van der Waals surface area contributed by atoms with Crippen molar-refractivity contribution in [3.05, 3.63) is 65.7 Å². The van der Waals surface area contributed by atoms with E-state index in [0.717, 1.165) is 18.4 Å². The third-order valence-electron chi connectivity index (χ3n) is 4.47. The molecule has 6 nitrogen and oxygen atoms in total. The lowest BCUT2D eigenvalue weighted by Crippen LogP contribution is -2.42. The van der Waals surface area contributed by atoms with Crippen LogP contribution in [0.1, 0.15) is 28.8 Å². The van der Waals surface area contributed by atoms with Gasteiger partial charge in [-0.2, -0.15) is 0 Å². The summed E-state index contributed by atoms with van der Waals surface area (Å²) in [5.41, 5.74) is 1.25. The maximum Gasteiger partial charge on any atom is 0.326 e. The highest BCUT2D eigenvalue weighted by atomic mass is 16.5. The van der Waals surface area contributed by atoms with E-state index in [1.165, 1.54) is 0 Å². The van der Waals surface area contributed by atoms with Crippen molar-refractivity contribution >= 4 is 11.9 Å². The summed E-state index contributed by atoms with van der Waals surface area (Å²) in [4.78, 5) is 23.9. The molecule has 1 heterocycles. The van der Waals surface area contributed by atoms with E-state index in [4.69, 9.17) is 9.47 Å². The fraction of sp³-hybridized carbons (Fsp3) is 0.333. The zero-order valence-electron chi connectivity index (χ0n) is 15.0. The van der Waals surface area contributed by atoms with Crippen LogP contribution in [-0.4, -0.2) is 42.3 Å². The van der Waals surface area contributed by atoms with E-state index >= 15 is 0 Å². The molecule has 2 aromatic carbocycles. The lowest BCUT2D eigenvalue weighted by Gasteiger charge is -2.23. The Morgan fingerprint density at radius 2 is 1.74 bits per heavy atom. The molecular weight excluding hydrogens is 346 g/mol. The molecule has 0 radical (unpaired) electrons. The molecule has 0 saturated carbocycles. The van der Waals surface area contributed by atoms with E-state index in [9.17, 15) is 14.7 Å². The smallest absolute Gasteiger partial charge is 0.326 e. The van der Waals surface area contributed by atoms with Crippen LogP contribution >= 0.6 is 0 Å². The van der Waals surface area contributed by atoms with Gasteiger partial charge in [0.15, 0.2) is 0 Å². The van der Waals surface area contributed by atoms with Gasteiger partial charge in [-0.1, -0.05) is 30.3 Å². The Bertz CT molecular complexity index is 754. The minimum absolute atomic E-state index is 0.126. The number of carbonyl (C=O) groups is 2. The Kier molecular flexibility index (Phi) is 6.44. The van der Waals surface area contributed by atoms with Crippen LogP contribution in [0.4, 0.5) is 0 Å². The highest BCUT2D eigenvalue weighted by Crippen LogP contribution is 2.18. The van der Waals surface area contributed by atoms with Gasteiger partial charge in [0.1, 0.15) is 17.9 Å². The van der Waals surface area contributed by atoms with Crippen molar-refractivity contribution < 1.29 is 24.2 Å². The number of hydrogen-bond donors (Lipinski definition) is 2. The molecule has 6 heteroatoms. The average molecular weight is 369 g/mol. The summed E-state index contributed by atoms with van der Waals surface area (Å²) in [7, 11) is 0. The first-order valence-corrected chi connectivity index (χ1v) is 9.04. The molecule has 1 atom stereocenters. The van der Waals surface area contributed by atoms with Gasteiger partial charge in [0.05, 0.1) is 13.2 Å². The van der Waals surface area contributed by atoms with E-state index in [0.29, 0.717) is 24.5 Å². The Balaban J connectivity index is 1.59. The van der Waals surface area contributed by atoms with Gasteiger partial charge in [0.25, 0.3) is 5.91 Å². The molecule has 2 aromatic rings. The molecule has 1 amide bonds. The first kappa shape index (κ1) is 18.9. The van der Waals surface area contributed by atoms with Crippen molar-refractivity contribution in [3.63, 3.8) is 0 Å². The molecule has 0 aromatic heterocycles. The van der Waals surface area contributed by atoms with Gasteiger partial charge in [-0.3, -0.25) is 4.79 Å². The van der Waals surface area contributed by atoms with E-state index in [1.807, 2.05) is 30.3 Å². The number of rotatable bonds is 7. The summed E-state index contributed by atoms with van der Waals surface area (Å²) >= 11 is 0. The highest BCUT2D eigenvalue weighted by molar-refractivity contribution is 5.96. The lowest BCUT2D eigenvalue weighted by molar-refractivity contribution is -0.139. The monoisotopic (exact) mass is 369 g/mol. The quantitative estimate of drug-likeness (QED) is 0.784. The van der Waals surface area contributed by atoms with Crippen LogP contribution in [0.3, 0.4) is 0 Å². The molecular formula is C21H23NO5. The molecule has 0 spiro atoms. The number of benzene rings is 2. The number of amides is 1. The van der Waals surface area contributed by atoms with Gasteiger partial charge >= 0.3 is 5.97 Å². The second-order valence-corrected chi connectivity index (χ2v) is 6.51. The average Bonchev–Trinajstić information content (AvgIpc) is 2.69. The van der Waals surface area contributed by atoms with Gasteiger partial charge in [0.2, 0.25) is 0 Å². The summed E-state index contributed by atoms with van der Waals surface area (Å²) in [5, 5.41) is 12.0. The minimum Gasteiger partial charge on any atom is -0.490 e. The van der Waals surface area contributed by atoms with E-state index in [2.05, 4.69) is 5.32 Å². The molecule has 142 valence electrons. The van der Waals surface area contributed by atoms with Gasteiger partial charge in [0, 0.05) is 24.8 Å². The van der Waals surface area contributed by atoms with Gasteiger partial charge in [-0.25, -0.2) is 4.79 Å². The number of carboxylic acids is 1. The molecule has 1 saturated heterocycles. The van der Waals surface area contributed by atoms with Crippen molar-refractivity contribution in [2.24, 2.45) is 0 Å². The zero-order valence-corrected chi connectivity index (χ0v) is 15.0. The van der Waals surface area contributed by atoms with Crippen molar-refractivity contribution in [2.75, 3.05) is 13.2 Å². The Labute approximate surface area is 158 Å². The molecule has 3 rings (SSSR count). The summed E-state index contributed by atoms with van der Waals surface area (Å²) < 4.78 is 11.2. The van der Waals surface area contributed by atoms with E-state index in [1.54, 1.807) is 24.3 Å². The molecule has 1 unspecified atom stereocenters. The third kappa shape index (κ3) is 5.56. The van der Waals surface area contributed by atoms with Crippen LogP contribution in [0.2, 0.25) is 0 Å². The fourth-order valence-corrected chi connectivity index (χ4v) is 2.96. The van der Waals surface area contributed by atoms with Crippen LogP contribution in [0, 0.1) is 0 Å². The second kappa shape index (κ2) is 9.19. The number of nitrogens with one attached hydrogen (secondary N) is 1. The summed E-state index contributed by atoms with van der Waals surface area (Å²) in [6.45, 7) is 1.40. The number of hydrogen-bond acceptors (Lipinski definition) is 4.